The maximum absolute atomic E-state index is 2.67. The number of piperazine rings is 1. The molecule has 1 aliphatic carbocycles. The number of likely N-dealkylation sites (N-methyl/N-ethyl adjacent to an activating group) is 1. The molecule has 0 unspecified atom stereocenters. The maximum Gasteiger partial charge on any atom is 0.178 e. The smallest absolute Gasteiger partial charge is 0.178 e. The van der Waals surface area contributed by atoms with Gasteiger partial charge in [0.1, 0.15) is 13.1 Å². The van der Waals surface area contributed by atoms with E-state index in [4.69, 9.17) is 0 Å². The zero-order chi connectivity index (χ0) is 14.9. The number of piperidine rings is 1. The van der Waals surface area contributed by atoms with E-state index < -0.39 is 0 Å². The third kappa shape index (κ3) is 4.47. The largest absolute Gasteiger partial charge is 1.00 e. The predicted molar refractivity (Wildman–Crippen MR) is 89.0 cm³/mol. The number of rotatable bonds is 1. The second-order valence-electron chi connectivity index (χ2n) is 7.98. The van der Waals surface area contributed by atoms with Crippen LogP contribution >= 0.6 is 0 Å². The van der Waals surface area contributed by atoms with Crippen LogP contribution < -0.4 is 24.0 Å². The molecule has 0 bridgehead atoms. The Morgan fingerprint density at radius 2 is 1.59 bits per heavy atom. The van der Waals surface area contributed by atoms with Gasteiger partial charge in [0.05, 0.1) is 0 Å². The SMILES string of the molecule is CN1CCN(C2=CC(=[N+]3CCCCC3)CC(C)(C)C2)CC1.[I-]. The van der Waals surface area contributed by atoms with E-state index in [1.807, 2.05) is 0 Å². The minimum atomic E-state index is 0. The van der Waals surface area contributed by atoms with Crippen LogP contribution in [0.15, 0.2) is 11.8 Å². The Kier molecular flexibility index (Phi) is 6.34. The normalized spacial score (nSPS) is 26.5. The Balaban J connectivity index is 0.00000176. The summed E-state index contributed by atoms with van der Waals surface area (Å²) in [6.45, 7) is 12.3. The van der Waals surface area contributed by atoms with E-state index in [9.17, 15) is 0 Å². The number of hydrogen-bond acceptors (Lipinski definition) is 2. The van der Waals surface area contributed by atoms with Crippen molar-refractivity contribution in [2.45, 2.75) is 46.0 Å². The highest BCUT2D eigenvalue weighted by atomic mass is 127. The molecule has 0 amide bonds. The molecular weight excluding hydrogens is 385 g/mol. The summed E-state index contributed by atoms with van der Waals surface area (Å²) in [5, 5.41) is 0. The summed E-state index contributed by atoms with van der Waals surface area (Å²) in [5.41, 5.74) is 3.63. The van der Waals surface area contributed by atoms with Gasteiger partial charge in [-0.3, -0.25) is 0 Å². The van der Waals surface area contributed by atoms with Crippen molar-refractivity contribution < 1.29 is 28.6 Å². The third-order valence-electron chi connectivity index (χ3n) is 5.32. The Bertz CT molecular complexity index is 437. The number of halogens is 1. The van der Waals surface area contributed by atoms with Gasteiger partial charge >= 0.3 is 0 Å². The molecule has 2 saturated heterocycles. The summed E-state index contributed by atoms with van der Waals surface area (Å²) in [4.78, 5) is 5.09. The van der Waals surface area contributed by atoms with Gasteiger partial charge in [0.2, 0.25) is 0 Å². The van der Waals surface area contributed by atoms with E-state index in [0.717, 1.165) is 0 Å². The summed E-state index contributed by atoms with van der Waals surface area (Å²) >= 11 is 0. The Morgan fingerprint density at radius 1 is 0.955 bits per heavy atom. The minimum absolute atomic E-state index is 0. The molecule has 3 nitrogen and oxygen atoms in total. The van der Waals surface area contributed by atoms with Crippen molar-refractivity contribution in [1.29, 1.82) is 0 Å². The van der Waals surface area contributed by atoms with Gasteiger partial charge in [0.15, 0.2) is 5.71 Å². The molecule has 22 heavy (non-hydrogen) atoms. The molecule has 0 aromatic carbocycles. The molecule has 2 fully saturated rings. The zero-order valence-electron chi connectivity index (χ0n) is 14.6. The minimum Gasteiger partial charge on any atom is -1.00 e. The molecule has 0 radical (unpaired) electrons. The van der Waals surface area contributed by atoms with Crippen LogP contribution in [0.25, 0.3) is 0 Å². The molecular formula is C18H32IN3. The molecule has 126 valence electrons. The number of allylic oxidation sites excluding steroid dienone is 2. The lowest BCUT2D eigenvalue weighted by Gasteiger charge is -2.40. The molecule has 4 heteroatoms. The molecule has 0 atom stereocenters. The van der Waals surface area contributed by atoms with Gasteiger partial charge in [-0.15, -0.1) is 0 Å². The molecule has 3 rings (SSSR count). The standard InChI is InChI=1S/C18H32N3.HI/c1-18(2)14-16(20-7-5-4-6-8-20)13-17(15-18)21-11-9-19(3)10-12-21;/h13H,4-12,14-15H2,1-3H3;1H/q+1;/p-1. The van der Waals surface area contributed by atoms with Crippen LogP contribution in [0.2, 0.25) is 0 Å². The van der Waals surface area contributed by atoms with Crippen molar-refractivity contribution in [2.24, 2.45) is 5.41 Å². The fraction of sp³-hybridized carbons (Fsp3) is 0.833. The van der Waals surface area contributed by atoms with Crippen LogP contribution in [-0.4, -0.2) is 66.4 Å². The summed E-state index contributed by atoms with van der Waals surface area (Å²) in [6, 6.07) is 0. The molecule has 0 aromatic rings. The summed E-state index contributed by atoms with van der Waals surface area (Å²) in [7, 11) is 2.24. The van der Waals surface area contributed by atoms with E-state index in [1.54, 1.807) is 11.4 Å². The molecule has 0 spiro atoms. The Morgan fingerprint density at radius 3 is 2.23 bits per heavy atom. The van der Waals surface area contributed by atoms with Gasteiger partial charge in [-0.2, -0.15) is 0 Å². The number of nitrogens with zero attached hydrogens (tertiary/aromatic N) is 3. The lowest BCUT2D eigenvalue weighted by molar-refractivity contribution is -0.538. The molecule has 3 aliphatic rings. The van der Waals surface area contributed by atoms with Crippen molar-refractivity contribution in [1.82, 2.24) is 9.80 Å². The van der Waals surface area contributed by atoms with E-state index in [2.05, 4.69) is 41.3 Å². The maximum atomic E-state index is 2.67. The average Bonchev–Trinajstić information content (AvgIpc) is 2.47. The first-order valence-corrected chi connectivity index (χ1v) is 8.78. The van der Waals surface area contributed by atoms with Crippen LogP contribution in [0, 0.1) is 5.41 Å². The fourth-order valence-corrected chi connectivity index (χ4v) is 4.02. The van der Waals surface area contributed by atoms with E-state index in [-0.39, 0.29) is 24.0 Å². The summed E-state index contributed by atoms with van der Waals surface area (Å²) in [5.74, 6) is 0. The van der Waals surface area contributed by atoms with E-state index >= 15 is 0 Å². The van der Waals surface area contributed by atoms with Gasteiger partial charge in [0, 0.05) is 57.2 Å². The predicted octanol–water partition coefficient (Wildman–Crippen LogP) is -0.421. The topological polar surface area (TPSA) is 9.49 Å². The van der Waals surface area contributed by atoms with Crippen molar-refractivity contribution in [2.75, 3.05) is 46.3 Å². The first-order valence-electron chi connectivity index (χ1n) is 8.78. The lowest BCUT2D eigenvalue weighted by atomic mass is 9.77. The van der Waals surface area contributed by atoms with Gasteiger partial charge < -0.3 is 33.8 Å². The molecule has 0 saturated carbocycles. The Hall–Kier alpha value is -0.100. The zero-order valence-corrected chi connectivity index (χ0v) is 16.7. The Labute approximate surface area is 153 Å². The molecule has 2 aliphatic heterocycles. The van der Waals surface area contributed by atoms with Crippen molar-refractivity contribution >= 4 is 5.71 Å². The average molecular weight is 417 g/mol. The van der Waals surface area contributed by atoms with Crippen molar-refractivity contribution in [3.05, 3.63) is 11.8 Å². The second kappa shape index (κ2) is 7.65. The third-order valence-corrected chi connectivity index (χ3v) is 5.32. The highest BCUT2D eigenvalue weighted by Crippen LogP contribution is 2.36. The summed E-state index contributed by atoms with van der Waals surface area (Å²) in [6.07, 6.45) is 9.21. The first-order chi connectivity index (χ1) is 10.0. The van der Waals surface area contributed by atoms with E-state index in [0.29, 0.717) is 5.41 Å². The van der Waals surface area contributed by atoms with Gasteiger partial charge in [-0.05, 0) is 25.3 Å². The quantitative estimate of drug-likeness (QED) is 0.424. The van der Waals surface area contributed by atoms with Crippen LogP contribution in [0.5, 0.6) is 0 Å². The van der Waals surface area contributed by atoms with Gasteiger partial charge in [-0.1, -0.05) is 13.8 Å². The number of hydrogen-bond donors (Lipinski definition) is 0. The van der Waals surface area contributed by atoms with Crippen molar-refractivity contribution in [3.63, 3.8) is 0 Å². The molecule has 2 heterocycles. The molecule has 0 N–H and O–H groups in total. The van der Waals surface area contributed by atoms with Crippen LogP contribution in [0.4, 0.5) is 0 Å². The van der Waals surface area contributed by atoms with Gasteiger partial charge in [0.25, 0.3) is 0 Å². The first kappa shape index (κ1) is 18.2. The second-order valence-corrected chi connectivity index (χ2v) is 7.98. The van der Waals surface area contributed by atoms with Crippen molar-refractivity contribution in [3.8, 4) is 0 Å². The fourth-order valence-electron chi connectivity index (χ4n) is 4.02. The molecule has 0 aromatic heterocycles. The van der Waals surface area contributed by atoms with E-state index in [1.165, 1.54) is 71.4 Å². The lowest BCUT2D eigenvalue weighted by Crippen LogP contribution is -3.00. The summed E-state index contributed by atoms with van der Waals surface area (Å²) < 4.78 is 2.67. The highest BCUT2D eigenvalue weighted by Gasteiger charge is 2.33. The van der Waals surface area contributed by atoms with Gasteiger partial charge in [-0.25, -0.2) is 4.58 Å². The van der Waals surface area contributed by atoms with Crippen LogP contribution in [0.1, 0.15) is 46.0 Å². The van der Waals surface area contributed by atoms with Crippen LogP contribution in [-0.2, 0) is 0 Å². The van der Waals surface area contributed by atoms with Crippen LogP contribution in [0.3, 0.4) is 0 Å². The highest BCUT2D eigenvalue weighted by molar-refractivity contribution is 5.92. The monoisotopic (exact) mass is 417 g/mol.